The first-order valence-electron chi connectivity index (χ1n) is 6.22. The molecule has 1 heterocycles. The smallest absolute Gasteiger partial charge is 0.240 e. The van der Waals surface area contributed by atoms with Gasteiger partial charge in [-0.2, -0.15) is 0 Å². The van der Waals surface area contributed by atoms with Crippen molar-refractivity contribution in [2.45, 2.75) is 18.0 Å². The Morgan fingerprint density at radius 3 is 2.45 bits per heavy atom. The maximum atomic E-state index is 12.1. The van der Waals surface area contributed by atoms with Crippen molar-refractivity contribution in [2.75, 3.05) is 7.05 Å². The molecule has 7 heteroatoms. The van der Waals surface area contributed by atoms with Crippen molar-refractivity contribution < 1.29 is 8.42 Å². The maximum absolute atomic E-state index is 12.1. The van der Waals surface area contributed by atoms with E-state index < -0.39 is 10.0 Å². The lowest BCUT2D eigenvalue weighted by atomic mass is 10.2. The summed E-state index contributed by atoms with van der Waals surface area (Å²) in [5.41, 5.74) is 1.04. The molecule has 0 spiro atoms. The highest BCUT2D eigenvalue weighted by molar-refractivity contribution is 7.89. The summed E-state index contributed by atoms with van der Waals surface area (Å²) >= 11 is 0. The molecule has 0 atom stereocenters. The third-order valence-electron chi connectivity index (χ3n) is 2.96. The number of nitrogens with zero attached hydrogens (tertiary/aromatic N) is 2. The minimum Gasteiger partial charge on any atom is -0.337 e. The van der Waals surface area contributed by atoms with Crippen LogP contribution in [-0.2, 0) is 30.2 Å². The second-order valence-electron chi connectivity index (χ2n) is 4.45. The molecule has 0 radical (unpaired) electrons. The van der Waals surface area contributed by atoms with Crippen LogP contribution >= 0.6 is 0 Å². The van der Waals surface area contributed by atoms with Crippen molar-refractivity contribution in [2.24, 2.45) is 7.05 Å². The van der Waals surface area contributed by atoms with Crippen LogP contribution in [0.2, 0.25) is 0 Å². The Morgan fingerprint density at radius 2 is 1.90 bits per heavy atom. The van der Waals surface area contributed by atoms with Gasteiger partial charge in [0.1, 0.15) is 5.82 Å². The monoisotopic (exact) mass is 294 g/mol. The van der Waals surface area contributed by atoms with Gasteiger partial charge in [0.2, 0.25) is 10.0 Å². The van der Waals surface area contributed by atoms with E-state index in [-0.39, 0.29) is 11.4 Å². The van der Waals surface area contributed by atoms with E-state index in [4.69, 9.17) is 0 Å². The number of sulfonamides is 1. The normalized spacial score (nSPS) is 11.7. The molecule has 2 aromatic rings. The zero-order valence-electron chi connectivity index (χ0n) is 11.5. The van der Waals surface area contributed by atoms with Crippen LogP contribution in [0.3, 0.4) is 0 Å². The first kappa shape index (κ1) is 14.7. The summed E-state index contributed by atoms with van der Waals surface area (Å²) in [6.07, 6.45) is 3.41. The van der Waals surface area contributed by atoms with Crippen LogP contribution < -0.4 is 10.0 Å². The second-order valence-corrected chi connectivity index (χ2v) is 6.22. The van der Waals surface area contributed by atoms with Crippen molar-refractivity contribution >= 4 is 10.0 Å². The highest BCUT2D eigenvalue weighted by atomic mass is 32.2. The quantitative estimate of drug-likeness (QED) is 0.819. The zero-order valence-corrected chi connectivity index (χ0v) is 12.3. The van der Waals surface area contributed by atoms with Crippen molar-refractivity contribution in [3.63, 3.8) is 0 Å². The van der Waals surface area contributed by atoms with Gasteiger partial charge in [-0.05, 0) is 24.7 Å². The standard InChI is InChI=1S/C13H18N4O2S/c1-14-9-11-3-5-12(6-4-11)20(18,19)16-10-13-15-7-8-17(13)2/h3-8,14,16H,9-10H2,1-2H3. The predicted octanol–water partition coefficient (Wildman–Crippen LogP) is 0.618. The molecule has 2 rings (SSSR count). The Kier molecular flexibility index (Phi) is 4.53. The van der Waals surface area contributed by atoms with Gasteiger partial charge >= 0.3 is 0 Å². The third kappa shape index (κ3) is 3.44. The average molecular weight is 294 g/mol. The van der Waals surface area contributed by atoms with Crippen LogP contribution in [0.1, 0.15) is 11.4 Å². The molecule has 0 saturated heterocycles. The van der Waals surface area contributed by atoms with E-state index in [0.717, 1.165) is 5.56 Å². The van der Waals surface area contributed by atoms with E-state index in [0.29, 0.717) is 12.4 Å². The van der Waals surface area contributed by atoms with Crippen LogP contribution in [0.15, 0.2) is 41.6 Å². The summed E-state index contributed by atoms with van der Waals surface area (Å²) in [5, 5.41) is 3.02. The Bertz CT molecular complexity index is 662. The van der Waals surface area contributed by atoms with E-state index in [1.165, 1.54) is 0 Å². The number of hydrogen-bond acceptors (Lipinski definition) is 4. The minimum absolute atomic E-state index is 0.171. The molecule has 0 saturated carbocycles. The molecular weight excluding hydrogens is 276 g/mol. The number of rotatable bonds is 6. The van der Waals surface area contributed by atoms with Crippen LogP contribution in [0.5, 0.6) is 0 Å². The Morgan fingerprint density at radius 1 is 1.20 bits per heavy atom. The summed E-state index contributed by atoms with van der Waals surface area (Å²) in [4.78, 5) is 4.33. The number of imidazole rings is 1. The van der Waals surface area contributed by atoms with Gasteiger partial charge in [-0.15, -0.1) is 0 Å². The molecule has 20 heavy (non-hydrogen) atoms. The fourth-order valence-electron chi connectivity index (χ4n) is 1.80. The molecule has 2 N–H and O–H groups in total. The van der Waals surface area contributed by atoms with E-state index in [1.54, 1.807) is 41.2 Å². The Balaban J connectivity index is 2.08. The van der Waals surface area contributed by atoms with Gasteiger partial charge in [0.05, 0.1) is 11.4 Å². The summed E-state index contributed by atoms with van der Waals surface area (Å²) in [7, 11) is 0.160. The van der Waals surface area contributed by atoms with Crippen LogP contribution in [0.25, 0.3) is 0 Å². The van der Waals surface area contributed by atoms with Gasteiger partial charge in [0.25, 0.3) is 0 Å². The first-order valence-corrected chi connectivity index (χ1v) is 7.70. The van der Waals surface area contributed by atoms with Gasteiger partial charge < -0.3 is 9.88 Å². The average Bonchev–Trinajstić information content (AvgIpc) is 2.83. The molecule has 0 aliphatic heterocycles. The fourth-order valence-corrected chi connectivity index (χ4v) is 2.78. The number of aromatic nitrogens is 2. The lowest BCUT2D eigenvalue weighted by Crippen LogP contribution is -2.24. The fraction of sp³-hybridized carbons (Fsp3) is 0.308. The molecule has 0 unspecified atom stereocenters. The van der Waals surface area contributed by atoms with Crippen LogP contribution in [-0.4, -0.2) is 25.0 Å². The molecule has 0 fully saturated rings. The number of hydrogen-bond donors (Lipinski definition) is 2. The lowest BCUT2D eigenvalue weighted by molar-refractivity contribution is 0.577. The molecule has 108 valence electrons. The largest absolute Gasteiger partial charge is 0.337 e. The number of aryl methyl sites for hydroxylation is 1. The van der Waals surface area contributed by atoms with E-state index in [1.807, 2.05) is 14.1 Å². The van der Waals surface area contributed by atoms with E-state index in [9.17, 15) is 8.42 Å². The second kappa shape index (κ2) is 6.17. The number of benzene rings is 1. The minimum atomic E-state index is -3.51. The molecule has 6 nitrogen and oxygen atoms in total. The zero-order chi connectivity index (χ0) is 14.6. The lowest BCUT2D eigenvalue weighted by Gasteiger charge is -2.07. The topological polar surface area (TPSA) is 76.0 Å². The SMILES string of the molecule is CNCc1ccc(S(=O)(=O)NCc2nccn2C)cc1. The molecule has 1 aromatic heterocycles. The van der Waals surface area contributed by atoms with E-state index in [2.05, 4.69) is 15.0 Å². The van der Waals surface area contributed by atoms with Crippen molar-refractivity contribution in [1.29, 1.82) is 0 Å². The highest BCUT2D eigenvalue weighted by Gasteiger charge is 2.14. The third-order valence-corrected chi connectivity index (χ3v) is 4.37. The van der Waals surface area contributed by atoms with Crippen molar-refractivity contribution in [1.82, 2.24) is 19.6 Å². The van der Waals surface area contributed by atoms with Gasteiger partial charge in [-0.1, -0.05) is 12.1 Å². The van der Waals surface area contributed by atoms with E-state index >= 15 is 0 Å². The predicted molar refractivity (Wildman–Crippen MR) is 76.4 cm³/mol. The van der Waals surface area contributed by atoms with Crippen molar-refractivity contribution in [3.8, 4) is 0 Å². The molecule has 0 amide bonds. The summed E-state index contributed by atoms with van der Waals surface area (Å²) in [5.74, 6) is 0.667. The first-order chi connectivity index (χ1) is 9.53. The summed E-state index contributed by atoms with van der Waals surface area (Å²) in [6, 6.07) is 6.80. The van der Waals surface area contributed by atoms with Gasteiger partial charge in [-0.25, -0.2) is 18.1 Å². The molecule has 0 aliphatic carbocycles. The number of nitrogens with one attached hydrogen (secondary N) is 2. The maximum Gasteiger partial charge on any atom is 0.240 e. The Hall–Kier alpha value is -1.70. The van der Waals surface area contributed by atoms with Gasteiger partial charge in [0, 0.05) is 26.0 Å². The van der Waals surface area contributed by atoms with Crippen LogP contribution in [0.4, 0.5) is 0 Å². The van der Waals surface area contributed by atoms with Crippen molar-refractivity contribution in [3.05, 3.63) is 48.0 Å². The highest BCUT2D eigenvalue weighted by Crippen LogP contribution is 2.11. The molecule has 0 aliphatic rings. The Labute approximate surface area is 118 Å². The molecule has 1 aromatic carbocycles. The molecular formula is C13H18N4O2S. The van der Waals surface area contributed by atoms with Gasteiger partial charge in [0.15, 0.2) is 0 Å². The summed E-state index contributed by atoms with van der Waals surface area (Å²) in [6.45, 7) is 0.880. The van der Waals surface area contributed by atoms with Gasteiger partial charge in [-0.3, -0.25) is 0 Å². The molecule has 0 bridgehead atoms. The van der Waals surface area contributed by atoms with Crippen LogP contribution in [0, 0.1) is 0 Å². The summed E-state index contributed by atoms with van der Waals surface area (Å²) < 4.78 is 28.6.